The van der Waals surface area contributed by atoms with Gasteiger partial charge in [-0.15, -0.1) is 0 Å². The maximum absolute atomic E-state index is 13.3. The summed E-state index contributed by atoms with van der Waals surface area (Å²) in [4.78, 5) is 39.2. The molecule has 8 rings (SSSR count). The number of carbonyl (C=O) groups excluding carboxylic acids is 3. The molecule has 8 saturated carbocycles. The van der Waals surface area contributed by atoms with Gasteiger partial charge in [-0.1, -0.05) is 41.5 Å². The average molecular weight is 1080 g/mol. The molecule has 8 aliphatic carbocycles. The minimum absolute atomic E-state index is 0.00873. The van der Waals surface area contributed by atoms with E-state index in [2.05, 4.69) is 52.2 Å². The summed E-state index contributed by atoms with van der Waals surface area (Å²) in [5.41, 5.74) is 0.239. The van der Waals surface area contributed by atoms with Crippen LogP contribution in [0, 0.1) is 92.7 Å². The van der Waals surface area contributed by atoms with E-state index in [1.807, 2.05) is 0 Å². The van der Waals surface area contributed by atoms with Crippen molar-refractivity contribution in [2.75, 3.05) is 24.6 Å². The van der Waals surface area contributed by atoms with Gasteiger partial charge in [0.2, 0.25) is 5.91 Å². The highest BCUT2D eigenvalue weighted by Crippen LogP contribution is 2.70. The molecular weight excluding hydrogens is 989 g/mol. The molecule has 74 heavy (non-hydrogen) atoms. The van der Waals surface area contributed by atoms with Crippen LogP contribution >= 0.6 is 0 Å². The van der Waals surface area contributed by atoms with E-state index in [1.165, 1.54) is 0 Å². The van der Waals surface area contributed by atoms with Crippen LogP contribution in [0.2, 0.25) is 0 Å². The number of fused-ring (bicyclic) bond motifs is 10. The molecule has 7 N–H and O–H groups in total. The van der Waals surface area contributed by atoms with E-state index >= 15 is 0 Å². The molecule has 0 bridgehead atoms. The monoisotopic (exact) mass is 1080 g/mol. The van der Waals surface area contributed by atoms with Crippen molar-refractivity contribution in [3.8, 4) is 0 Å². The number of rotatable bonds is 20. The molecule has 0 aliphatic heterocycles. The van der Waals surface area contributed by atoms with E-state index in [4.69, 9.17) is 18.6 Å². The van der Waals surface area contributed by atoms with Crippen molar-refractivity contribution in [2.45, 2.75) is 213 Å². The second-order valence-corrected chi connectivity index (χ2v) is 29.9. The molecule has 0 aromatic heterocycles. The first-order valence-electron chi connectivity index (χ1n) is 29.0. The Kier molecular flexibility index (Phi) is 17.8. The Balaban J connectivity index is 0.763. The lowest BCUT2D eigenvalue weighted by atomic mass is 9.43. The van der Waals surface area contributed by atoms with Crippen LogP contribution in [0.15, 0.2) is 0 Å². The molecule has 18 heteroatoms. The smallest absolute Gasteiger partial charge is 0.306 e. The summed E-state index contributed by atoms with van der Waals surface area (Å²) < 4.78 is 74.5. The molecule has 0 saturated heterocycles. The number of carbonyl (C=O) groups is 3. The minimum atomic E-state index is -4.13. The molecule has 0 aromatic rings. The molecule has 0 spiro atoms. The Morgan fingerprint density at radius 1 is 0.554 bits per heavy atom. The molecular formula is C56H94N2O14S2. The Morgan fingerprint density at radius 2 is 0.973 bits per heavy atom. The van der Waals surface area contributed by atoms with Crippen LogP contribution < -0.4 is 10.6 Å². The second-order valence-electron chi connectivity index (χ2n) is 26.8. The van der Waals surface area contributed by atoms with E-state index in [1.54, 1.807) is 0 Å². The van der Waals surface area contributed by atoms with E-state index < -0.39 is 50.2 Å². The van der Waals surface area contributed by atoms with Gasteiger partial charge in [0.1, 0.15) is 18.4 Å². The number of esters is 2. The molecule has 0 aromatic carbocycles. The largest absolute Gasteiger partial charge is 0.462 e. The first kappa shape index (κ1) is 58.2. The molecule has 21 atom stereocenters. The summed E-state index contributed by atoms with van der Waals surface area (Å²) >= 11 is 0. The molecule has 0 radical (unpaired) electrons. The van der Waals surface area contributed by atoms with Gasteiger partial charge < -0.3 is 30.1 Å². The Hall–Kier alpha value is -1.93. The molecule has 424 valence electrons. The Labute approximate surface area is 442 Å². The van der Waals surface area contributed by atoms with Crippen LogP contribution in [0.4, 0.5) is 0 Å². The summed E-state index contributed by atoms with van der Waals surface area (Å²) in [6.45, 7) is 14.0. The lowest BCUT2D eigenvalue weighted by Gasteiger charge is -2.62. The van der Waals surface area contributed by atoms with E-state index in [9.17, 15) is 46.5 Å². The van der Waals surface area contributed by atoms with Gasteiger partial charge in [-0.2, -0.15) is 16.8 Å². The SMILES string of the molecule is C[C@H](CCC(=O)NCCS(=O)(=O)O)[C@H]1CC[C@H]2[C@@H]3[C@@H](O)CC4C[C@H](OC(=O)CCC(=O)O[C@H]5CC[C@]6(C)C(C5)C[C@@H](O)[C@@H]5[C@H]7CC[C@@H]([C@@H](C)CCC(O)NCCS(=O)(=O)O)[C@]7(C)CC[C@H]56)CC[C@]4(C)[C@H]3CC[C@]12C. The van der Waals surface area contributed by atoms with E-state index in [0.29, 0.717) is 85.9 Å². The first-order chi connectivity index (χ1) is 34.6. The predicted molar refractivity (Wildman–Crippen MR) is 279 cm³/mol. The van der Waals surface area contributed by atoms with Crippen molar-refractivity contribution in [1.29, 1.82) is 0 Å². The number of nitrogens with one attached hydrogen (secondary N) is 2. The first-order valence-corrected chi connectivity index (χ1v) is 32.2. The van der Waals surface area contributed by atoms with Gasteiger partial charge >= 0.3 is 11.9 Å². The third-order valence-electron chi connectivity index (χ3n) is 23.1. The highest BCUT2D eigenvalue weighted by molar-refractivity contribution is 7.86. The molecule has 0 heterocycles. The van der Waals surface area contributed by atoms with Gasteiger partial charge in [-0.25, -0.2) is 0 Å². The molecule has 8 aliphatic rings. The maximum Gasteiger partial charge on any atom is 0.306 e. The van der Waals surface area contributed by atoms with Crippen LogP contribution in [0.1, 0.15) is 183 Å². The number of ether oxygens (including phenoxy) is 2. The van der Waals surface area contributed by atoms with Gasteiger partial charge in [0.15, 0.2) is 0 Å². The molecule has 8 fully saturated rings. The molecule has 16 nitrogen and oxygen atoms in total. The molecule has 3 unspecified atom stereocenters. The zero-order valence-corrected chi connectivity index (χ0v) is 47.1. The van der Waals surface area contributed by atoms with Gasteiger partial charge in [-0.05, 0) is 215 Å². The van der Waals surface area contributed by atoms with Crippen molar-refractivity contribution in [3.63, 3.8) is 0 Å². The van der Waals surface area contributed by atoms with Crippen LogP contribution in [-0.4, -0.2) is 114 Å². The number of aliphatic hydroxyl groups is 3. The Bertz CT molecular complexity index is 2230. The quantitative estimate of drug-likeness (QED) is 0.0354. The fraction of sp³-hybridized carbons (Fsp3) is 0.946. The van der Waals surface area contributed by atoms with Gasteiger partial charge in [-0.3, -0.25) is 28.8 Å². The second kappa shape index (κ2) is 22.7. The standard InChI is InChI=1S/C56H94N2O14S2/c1-33(7-13-47(61)57-25-27-73(65,66)67)39-9-11-41-51-43(19-23-55(39,41)5)53(3)21-17-37(29-35(53)31-45(51)59)71-49(63)15-16-50(64)72-38-18-22-54(4)36(30-38)32-46(60)52-42-12-10-40(56(42,6)24-20-44(52)54)34(2)8-14-48(62)58-26-28-74(68,69)70/h33-47,51-52,57,59-61H,7-32H2,1-6H3,(H,58,62)(H,65,66,67)(H,68,69,70)/t33-,34+,35?,36?,37-,38+,39-,40+,41+,42-,43+,44-,45+,46-,47?,51+,52-,53+,54-,55-,56+/m0/s1. The fourth-order valence-electron chi connectivity index (χ4n) is 19.3. The highest BCUT2D eigenvalue weighted by Gasteiger charge is 2.65. The van der Waals surface area contributed by atoms with Crippen molar-refractivity contribution in [2.24, 2.45) is 92.7 Å². The third-order valence-corrected chi connectivity index (χ3v) is 24.5. The molecule has 1 amide bonds. The van der Waals surface area contributed by atoms with Crippen molar-refractivity contribution in [3.05, 3.63) is 0 Å². The average Bonchev–Trinajstić information content (AvgIpc) is 3.86. The van der Waals surface area contributed by atoms with Crippen LogP contribution in [0.5, 0.6) is 0 Å². The normalized spacial score (nSPS) is 43.0. The van der Waals surface area contributed by atoms with Crippen molar-refractivity contribution >= 4 is 38.1 Å². The summed E-state index contributed by atoms with van der Waals surface area (Å²) in [7, 11) is -8.22. The fourth-order valence-corrected chi connectivity index (χ4v) is 20.0. The van der Waals surface area contributed by atoms with Gasteiger partial charge in [0, 0.05) is 19.5 Å². The zero-order valence-electron chi connectivity index (χ0n) is 45.4. The van der Waals surface area contributed by atoms with Crippen LogP contribution in [0.3, 0.4) is 0 Å². The maximum atomic E-state index is 13.3. The summed E-state index contributed by atoms with van der Waals surface area (Å²) in [6.07, 6.45) is 14.8. The Morgan fingerprint density at radius 3 is 1.43 bits per heavy atom. The topological polar surface area (TPSA) is 263 Å². The summed E-state index contributed by atoms with van der Waals surface area (Å²) in [6, 6.07) is 0. The highest BCUT2D eigenvalue weighted by atomic mass is 32.2. The summed E-state index contributed by atoms with van der Waals surface area (Å²) in [5, 5.41) is 39.9. The number of hydrogen-bond donors (Lipinski definition) is 7. The lowest BCUT2D eigenvalue weighted by molar-refractivity contribution is -0.185. The van der Waals surface area contributed by atoms with E-state index in [-0.39, 0.29) is 101 Å². The minimum Gasteiger partial charge on any atom is -0.462 e. The van der Waals surface area contributed by atoms with Crippen molar-refractivity contribution in [1.82, 2.24) is 10.6 Å². The van der Waals surface area contributed by atoms with Gasteiger partial charge in [0.05, 0.1) is 36.6 Å². The van der Waals surface area contributed by atoms with Gasteiger partial charge in [0.25, 0.3) is 20.2 Å². The number of amides is 1. The number of aliphatic hydroxyl groups excluding tert-OH is 3. The van der Waals surface area contributed by atoms with E-state index in [0.717, 1.165) is 89.9 Å². The summed E-state index contributed by atoms with van der Waals surface area (Å²) in [5.74, 6) is 2.13. The lowest BCUT2D eigenvalue weighted by Crippen LogP contribution is -2.58. The van der Waals surface area contributed by atoms with Crippen LogP contribution in [-0.2, 0) is 44.1 Å². The number of hydrogen-bond acceptors (Lipinski definition) is 13. The predicted octanol–water partition coefficient (Wildman–Crippen LogP) is 7.48. The third kappa shape index (κ3) is 12.3. The van der Waals surface area contributed by atoms with Crippen LogP contribution in [0.25, 0.3) is 0 Å². The van der Waals surface area contributed by atoms with Crippen molar-refractivity contribution < 1.29 is 65.1 Å². The zero-order chi connectivity index (χ0) is 53.8.